The quantitative estimate of drug-likeness (QED) is 0.293. The van der Waals surface area contributed by atoms with Gasteiger partial charge >= 0.3 is 5.97 Å². The van der Waals surface area contributed by atoms with Crippen LogP contribution >= 0.6 is 24.0 Å². The lowest BCUT2D eigenvalue weighted by molar-refractivity contribution is -0.123. The summed E-state index contributed by atoms with van der Waals surface area (Å²) in [4.78, 5) is 37.9. The molecule has 3 aromatic rings. The highest BCUT2D eigenvalue weighted by Gasteiger charge is 2.34. The van der Waals surface area contributed by atoms with Crippen molar-refractivity contribution in [2.24, 2.45) is 0 Å². The van der Waals surface area contributed by atoms with E-state index < -0.39 is 17.8 Å². The summed E-state index contributed by atoms with van der Waals surface area (Å²) in [5, 5.41) is 10.7. The van der Waals surface area contributed by atoms with Crippen molar-refractivity contribution in [1.29, 1.82) is 0 Å². The van der Waals surface area contributed by atoms with Crippen LogP contribution in [0.1, 0.15) is 31.8 Å². The maximum absolute atomic E-state index is 13.0. The number of hydrazine groups is 1. The molecule has 4 rings (SSSR count). The number of benzene rings is 3. The van der Waals surface area contributed by atoms with Crippen LogP contribution in [0.15, 0.2) is 71.6 Å². The fraction of sp³-hybridized carbons (Fsp3) is 0.111. The van der Waals surface area contributed by atoms with Crippen molar-refractivity contribution in [3.05, 3.63) is 93.9 Å². The first-order valence-corrected chi connectivity index (χ1v) is 12.4. The molecule has 1 saturated heterocycles. The van der Waals surface area contributed by atoms with Crippen LogP contribution in [0.3, 0.4) is 0 Å². The maximum atomic E-state index is 13.0. The number of thioether (sulfide) groups is 1. The predicted octanol–water partition coefficient (Wildman–Crippen LogP) is 4.53. The molecule has 0 spiro atoms. The third kappa shape index (κ3) is 5.79. The third-order valence-corrected chi connectivity index (χ3v) is 6.75. The van der Waals surface area contributed by atoms with Crippen molar-refractivity contribution in [3.8, 4) is 17.2 Å². The highest BCUT2D eigenvalue weighted by molar-refractivity contribution is 8.26. The number of aromatic carboxylic acids is 1. The van der Waals surface area contributed by atoms with Crippen molar-refractivity contribution >= 4 is 52.2 Å². The lowest BCUT2D eigenvalue weighted by atomic mass is 10.0. The van der Waals surface area contributed by atoms with E-state index in [0.29, 0.717) is 17.9 Å². The Balaban J connectivity index is 1.47. The molecular formula is C27H22N2O7S2. The summed E-state index contributed by atoms with van der Waals surface area (Å²) in [7, 11) is 2.72. The van der Waals surface area contributed by atoms with Crippen LogP contribution in [-0.2, 0) is 11.4 Å². The van der Waals surface area contributed by atoms with Crippen LogP contribution in [-0.4, -0.2) is 46.4 Å². The molecule has 9 nitrogen and oxygen atoms in total. The Morgan fingerprint density at radius 2 is 1.74 bits per heavy atom. The molecule has 0 atom stereocenters. The van der Waals surface area contributed by atoms with Gasteiger partial charge in [-0.15, -0.1) is 0 Å². The summed E-state index contributed by atoms with van der Waals surface area (Å²) in [6, 6.07) is 19.2. The molecule has 0 unspecified atom stereocenters. The number of ether oxygens (including phenoxy) is 3. The summed E-state index contributed by atoms with van der Waals surface area (Å²) in [6.07, 6.45) is 1.38. The molecule has 0 bridgehead atoms. The number of carbonyl (C=O) groups is 3. The van der Waals surface area contributed by atoms with E-state index in [1.807, 2.05) is 30.3 Å². The van der Waals surface area contributed by atoms with Gasteiger partial charge in [0.25, 0.3) is 11.8 Å². The summed E-state index contributed by atoms with van der Waals surface area (Å²) >= 11 is 6.22. The normalized spacial score (nSPS) is 13.9. The number of methoxy groups -OCH3 is 2. The summed E-state index contributed by atoms with van der Waals surface area (Å²) in [6.45, 7) is 0.388. The van der Waals surface area contributed by atoms with Crippen molar-refractivity contribution in [2.45, 2.75) is 6.61 Å². The molecule has 1 aliphatic rings. The molecule has 3 aromatic carbocycles. The summed E-state index contributed by atoms with van der Waals surface area (Å²) < 4.78 is 16.2. The number of nitrogens with one attached hydrogen (secondary N) is 1. The molecule has 2 amide bonds. The number of hydrogen-bond donors (Lipinski definition) is 2. The van der Waals surface area contributed by atoms with Gasteiger partial charge in [-0.2, -0.15) is 5.01 Å². The second-order valence-electron chi connectivity index (χ2n) is 7.83. The lowest BCUT2D eigenvalue weighted by Gasteiger charge is -2.16. The number of nitrogens with zero attached hydrogens (tertiary/aromatic N) is 1. The van der Waals surface area contributed by atoms with Gasteiger partial charge in [-0.1, -0.05) is 48.2 Å². The average molecular weight is 551 g/mol. The van der Waals surface area contributed by atoms with Crippen LogP contribution < -0.4 is 19.6 Å². The summed E-state index contributed by atoms with van der Waals surface area (Å²) in [5.74, 6) is -1.56. The van der Waals surface area contributed by atoms with Gasteiger partial charge in [0.05, 0.1) is 19.1 Å². The van der Waals surface area contributed by atoms with E-state index in [1.54, 1.807) is 24.3 Å². The Morgan fingerprint density at radius 3 is 2.37 bits per heavy atom. The van der Waals surface area contributed by atoms with Gasteiger partial charge in [-0.25, -0.2) is 4.79 Å². The third-order valence-electron chi connectivity index (χ3n) is 5.45. The van der Waals surface area contributed by atoms with E-state index in [1.165, 1.54) is 32.4 Å². The molecule has 0 aliphatic carbocycles. The van der Waals surface area contributed by atoms with Crippen molar-refractivity contribution in [3.63, 3.8) is 0 Å². The van der Waals surface area contributed by atoms with E-state index in [9.17, 15) is 19.5 Å². The zero-order valence-corrected chi connectivity index (χ0v) is 21.9. The molecular weight excluding hydrogens is 528 g/mol. The van der Waals surface area contributed by atoms with Gasteiger partial charge in [0.1, 0.15) is 17.9 Å². The first-order valence-electron chi connectivity index (χ1n) is 11.2. The maximum Gasteiger partial charge on any atom is 0.340 e. The smallest absolute Gasteiger partial charge is 0.340 e. The fourth-order valence-electron chi connectivity index (χ4n) is 3.60. The lowest BCUT2D eigenvalue weighted by Crippen LogP contribution is -2.44. The zero-order chi connectivity index (χ0) is 27.2. The van der Waals surface area contributed by atoms with Crippen molar-refractivity contribution < 1.29 is 33.7 Å². The molecule has 0 aromatic heterocycles. The van der Waals surface area contributed by atoms with E-state index in [0.717, 1.165) is 22.3 Å². The Bertz CT molecular complexity index is 1420. The molecule has 194 valence electrons. The largest absolute Gasteiger partial charge is 0.493 e. The molecule has 1 aliphatic heterocycles. The second-order valence-corrected chi connectivity index (χ2v) is 9.50. The van der Waals surface area contributed by atoms with Crippen LogP contribution in [0, 0.1) is 0 Å². The van der Waals surface area contributed by atoms with Crippen LogP contribution in [0.4, 0.5) is 0 Å². The zero-order valence-electron chi connectivity index (χ0n) is 20.3. The minimum atomic E-state index is -1.26. The molecule has 0 radical (unpaired) electrons. The SMILES string of the molecule is COc1ccc(/C=C2/SC(=S)N(NC(=O)c3ccc(OCc4ccccc4)cc3)C2=O)c(C(=O)O)c1OC. The van der Waals surface area contributed by atoms with Gasteiger partial charge in [0.15, 0.2) is 15.8 Å². The number of carbonyl (C=O) groups excluding carboxylic acids is 2. The average Bonchev–Trinajstić information content (AvgIpc) is 3.19. The molecule has 0 saturated carbocycles. The van der Waals surface area contributed by atoms with Crippen molar-refractivity contribution in [2.75, 3.05) is 14.2 Å². The monoisotopic (exact) mass is 550 g/mol. The topological polar surface area (TPSA) is 114 Å². The highest BCUT2D eigenvalue weighted by atomic mass is 32.2. The summed E-state index contributed by atoms with van der Waals surface area (Å²) in [5.41, 5.74) is 3.86. The number of thiocarbonyl (C=S) groups is 1. The Hall–Kier alpha value is -4.35. The van der Waals surface area contributed by atoms with Gasteiger partial charge < -0.3 is 19.3 Å². The number of carboxylic acid groups (broad SMARTS) is 1. The molecule has 1 heterocycles. The van der Waals surface area contributed by atoms with Crippen LogP contribution in [0.25, 0.3) is 6.08 Å². The minimum absolute atomic E-state index is 0.0220. The molecule has 11 heteroatoms. The van der Waals surface area contributed by atoms with Crippen molar-refractivity contribution in [1.82, 2.24) is 10.4 Å². The van der Waals surface area contributed by atoms with Crippen LogP contribution in [0.2, 0.25) is 0 Å². The van der Waals surface area contributed by atoms with E-state index in [4.69, 9.17) is 26.4 Å². The Kier molecular flexibility index (Phi) is 8.29. The first-order chi connectivity index (χ1) is 18.3. The van der Waals surface area contributed by atoms with Gasteiger partial charge in [0, 0.05) is 5.56 Å². The fourth-order valence-corrected chi connectivity index (χ4v) is 4.77. The number of amides is 2. The molecule has 2 N–H and O–H groups in total. The predicted molar refractivity (Wildman–Crippen MR) is 146 cm³/mol. The molecule has 38 heavy (non-hydrogen) atoms. The standard InChI is InChI=1S/C27H22N2O7S2/c1-34-20-13-10-18(22(26(32)33)23(20)35-2)14-21-25(31)29(27(37)38-21)28-24(30)17-8-11-19(12-9-17)36-15-16-6-4-3-5-7-16/h3-14H,15H2,1-2H3,(H,28,30)(H,32,33)/b21-14+. The highest BCUT2D eigenvalue weighted by Crippen LogP contribution is 2.37. The first kappa shape index (κ1) is 26.7. The van der Waals surface area contributed by atoms with Crippen LogP contribution in [0.5, 0.6) is 17.2 Å². The van der Waals surface area contributed by atoms with E-state index in [-0.39, 0.29) is 31.9 Å². The van der Waals surface area contributed by atoms with Gasteiger partial charge in [-0.3, -0.25) is 15.0 Å². The number of rotatable bonds is 9. The van der Waals surface area contributed by atoms with E-state index >= 15 is 0 Å². The van der Waals surface area contributed by atoms with Gasteiger partial charge in [-0.05, 0) is 59.8 Å². The van der Waals surface area contributed by atoms with E-state index in [2.05, 4.69) is 5.43 Å². The number of hydrogen-bond acceptors (Lipinski definition) is 8. The minimum Gasteiger partial charge on any atom is -0.493 e. The second kappa shape index (κ2) is 11.8. The number of carboxylic acids is 1. The Morgan fingerprint density at radius 1 is 1.03 bits per heavy atom. The van der Waals surface area contributed by atoms with Gasteiger partial charge in [0.2, 0.25) is 0 Å². The molecule has 1 fully saturated rings. The Labute approximate surface area is 228 Å².